The van der Waals surface area contributed by atoms with E-state index in [9.17, 15) is 14.4 Å². The lowest BCUT2D eigenvalue weighted by Gasteiger charge is -2.16. The van der Waals surface area contributed by atoms with E-state index in [1.54, 1.807) is 35.7 Å². The van der Waals surface area contributed by atoms with Crippen LogP contribution in [0.25, 0.3) is 0 Å². The largest absolute Gasteiger partial charge is 0.452 e. The van der Waals surface area contributed by atoms with Crippen LogP contribution >= 0.6 is 23.5 Å². The first-order valence-corrected chi connectivity index (χ1v) is 9.98. The molecule has 1 aromatic rings. The van der Waals surface area contributed by atoms with Crippen molar-refractivity contribution in [3.8, 4) is 0 Å². The molecule has 0 bridgehead atoms. The first kappa shape index (κ1) is 20.3. The van der Waals surface area contributed by atoms with Crippen molar-refractivity contribution < 1.29 is 19.1 Å². The molecule has 9 heteroatoms. The fourth-order valence-corrected chi connectivity index (χ4v) is 4.10. The minimum atomic E-state index is -0.552. The maximum atomic E-state index is 12.4. The Bertz CT molecular complexity index is 709. The summed E-state index contributed by atoms with van der Waals surface area (Å²) in [5.41, 5.74) is 1.27. The van der Waals surface area contributed by atoms with Crippen molar-refractivity contribution in [1.82, 2.24) is 10.2 Å². The number of thioether (sulfide) groups is 2. The first-order chi connectivity index (χ1) is 12.5. The van der Waals surface area contributed by atoms with Gasteiger partial charge < -0.3 is 15.0 Å². The molecule has 0 spiro atoms. The van der Waals surface area contributed by atoms with E-state index in [1.807, 2.05) is 12.1 Å². The zero-order valence-electron chi connectivity index (χ0n) is 14.7. The van der Waals surface area contributed by atoms with Crippen LogP contribution < -0.4 is 5.32 Å². The molecule has 0 radical (unpaired) electrons. The Balaban J connectivity index is 1.90. The van der Waals surface area contributed by atoms with Gasteiger partial charge in [-0.2, -0.15) is 0 Å². The van der Waals surface area contributed by atoms with Gasteiger partial charge in [-0.15, -0.1) is 0 Å². The molecule has 0 atom stereocenters. The number of ether oxygens (including phenoxy) is 1. The highest BCUT2D eigenvalue weighted by Gasteiger charge is 2.18. The number of esters is 1. The SMILES string of the molecule is CNC(=O)CN(C)C(=O)COC(=O)c1ccccc1CSC1=NCCS1. The monoisotopic (exact) mass is 395 g/mol. The molecule has 1 N–H and O–H groups in total. The van der Waals surface area contributed by atoms with Gasteiger partial charge in [0.15, 0.2) is 6.61 Å². The predicted molar refractivity (Wildman–Crippen MR) is 104 cm³/mol. The molecule has 1 aromatic carbocycles. The average molecular weight is 396 g/mol. The van der Waals surface area contributed by atoms with Crippen molar-refractivity contribution >= 4 is 45.7 Å². The van der Waals surface area contributed by atoms with E-state index < -0.39 is 18.5 Å². The van der Waals surface area contributed by atoms with Gasteiger partial charge in [-0.25, -0.2) is 4.79 Å². The summed E-state index contributed by atoms with van der Waals surface area (Å²) in [4.78, 5) is 41.2. The van der Waals surface area contributed by atoms with Gasteiger partial charge in [-0.05, 0) is 11.6 Å². The van der Waals surface area contributed by atoms with E-state index >= 15 is 0 Å². The highest BCUT2D eigenvalue weighted by atomic mass is 32.2. The van der Waals surface area contributed by atoms with Crippen molar-refractivity contribution in [2.24, 2.45) is 4.99 Å². The summed E-state index contributed by atoms with van der Waals surface area (Å²) in [6, 6.07) is 7.16. The van der Waals surface area contributed by atoms with Crippen molar-refractivity contribution in [1.29, 1.82) is 0 Å². The normalized spacial score (nSPS) is 13.1. The van der Waals surface area contributed by atoms with Gasteiger partial charge in [0, 0.05) is 25.6 Å². The topological polar surface area (TPSA) is 88.1 Å². The lowest BCUT2D eigenvalue weighted by atomic mass is 10.1. The Morgan fingerprint density at radius 1 is 1.35 bits per heavy atom. The van der Waals surface area contributed by atoms with E-state index in [1.165, 1.54) is 19.0 Å². The molecule has 2 rings (SSSR count). The number of nitrogens with zero attached hydrogens (tertiary/aromatic N) is 2. The van der Waals surface area contributed by atoms with Gasteiger partial charge in [-0.3, -0.25) is 14.6 Å². The molecule has 0 aliphatic carbocycles. The summed E-state index contributed by atoms with van der Waals surface area (Å²) in [6.45, 7) is 0.346. The second-order valence-corrected chi connectivity index (χ2v) is 7.75. The van der Waals surface area contributed by atoms with E-state index in [4.69, 9.17) is 4.74 Å². The quantitative estimate of drug-likeness (QED) is 0.702. The van der Waals surface area contributed by atoms with Crippen LogP contribution in [-0.4, -0.2) is 66.6 Å². The number of benzene rings is 1. The molecule has 7 nitrogen and oxygen atoms in total. The number of hydrogen-bond acceptors (Lipinski definition) is 7. The van der Waals surface area contributed by atoms with E-state index in [0.29, 0.717) is 11.3 Å². The van der Waals surface area contributed by atoms with Gasteiger partial charge in [0.1, 0.15) is 4.38 Å². The predicted octanol–water partition coefficient (Wildman–Crippen LogP) is 1.38. The third-order valence-electron chi connectivity index (χ3n) is 3.56. The number of hydrogen-bond donors (Lipinski definition) is 1. The fraction of sp³-hybridized carbons (Fsp3) is 0.412. The summed E-state index contributed by atoms with van der Waals surface area (Å²) in [6.07, 6.45) is 0. The number of carbonyl (C=O) groups is 3. The van der Waals surface area contributed by atoms with Crippen LogP contribution in [0.15, 0.2) is 29.3 Å². The second kappa shape index (κ2) is 10.2. The molecule has 1 aliphatic rings. The minimum Gasteiger partial charge on any atom is -0.452 e. The zero-order chi connectivity index (χ0) is 18.9. The van der Waals surface area contributed by atoms with Crippen LogP contribution in [0.3, 0.4) is 0 Å². The smallest absolute Gasteiger partial charge is 0.338 e. The minimum absolute atomic E-state index is 0.0834. The van der Waals surface area contributed by atoms with Gasteiger partial charge >= 0.3 is 5.97 Å². The van der Waals surface area contributed by atoms with Crippen LogP contribution in [0.1, 0.15) is 15.9 Å². The summed E-state index contributed by atoms with van der Waals surface area (Å²) in [7, 11) is 2.97. The molecule has 0 saturated carbocycles. The maximum absolute atomic E-state index is 12.4. The lowest BCUT2D eigenvalue weighted by molar-refractivity contribution is -0.137. The third kappa shape index (κ3) is 6.06. The van der Waals surface area contributed by atoms with E-state index in [2.05, 4.69) is 10.3 Å². The van der Waals surface area contributed by atoms with E-state index in [0.717, 1.165) is 22.2 Å². The Kier molecular flexibility index (Phi) is 7.99. The number of aliphatic imine (C=N–C) groups is 1. The fourth-order valence-electron chi connectivity index (χ4n) is 2.09. The molecule has 0 unspecified atom stereocenters. The maximum Gasteiger partial charge on any atom is 0.338 e. The number of carbonyl (C=O) groups excluding carboxylic acids is 3. The van der Waals surface area contributed by atoms with Crippen molar-refractivity contribution in [2.45, 2.75) is 5.75 Å². The molecule has 0 fully saturated rings. The van der Waals surface area contributed by atoms with E-state index in [-0.39, 0.29) is 12.5 Å². The summed E-state index contributed by atoms with van der Waals surface area (Å²) in [5, 5.41) is 2.43. The van der Waals surface area contributed by atoms with Crippen molar-refractivity contribution in [2.75, 3.05) is 39.5 Å². The number of nitrogens with one attached hydrogen (secondary N) is 1. The standard InChI is InChI=1S/C17H21N3O4S2/c1-18-14(21)9-20(2)15(22)10-24-16(23)13-6-4-3-5-12(13)11-26-17-19-7-8-25-17/h3-6H,7-11H2,1-2H3,(H,18,21). The number of rotatable bonds is 7. The van der Waals surface area contributed by atoms with Crippen LogP contribution in [0.4, 0.5) is 0 Å². The molecule has 26 heavy (non-hydrogen) atoms. The van der Waals surface area contributed by atoms with Crippen molar-refractivity contribution in [3.63, 3.8) is 0 Å². The first-order valence-electron chi connectivity index (χ1n) is 8.01. The average Bonchev–Trinajstić information content (AvgIpc) is 3.17. The third-order valence-corrected chi connectivity index (χ3v) is 5.86. The highest BCUT2D eigenvalue weighted by molar-refractivity contribution is 8.38. The number of amides is 2. The summed E-state index contributed by atoms with van der Waals surface area (Å²) in [5.74, 6) is 0.330. The Morgan fingerprint density at radius 2 is 2.12 bits per heavy atom. The summed E-state index contributed by atoms with van der Waals surface area (Å²) < 4.78 is 6.16. The Labute approximate surface area is 160 Å². The van der Waals surface area contributed by atoms with Crippen LogP contribution in [-0.2, 0) is 20.1 Å². The zero-order valence-corrected chi connectivity index (χ0v) is 16.3. The highest BCUT2D eigenvalue weighted by Crippen LogP contribution is 2.26. The molecule has 0 aromatic heterocycles. The Hall–Kier alpha value is -2.00. The van der Waals surface area contributed by atoms with Crippen LogP contribution in [0.5, 0.6) is 0 Å². The van der Waals surface area contributed by atoms with Crippen molar-refractivity contribution in [3.05, 3.63) is 35.4 Å². The Morgan fingerprint density at radius 3 is 2.81 bits per heavy atom. The van der Waals surface area contributed by atoms with Crippen LogP contribution in [0, 0.1) is 0 Å². The molecule has 2 amide bonds. The molecule has 1 aliphatic heterocycles. The molecule has 1 heterocycles. The summed E-state index contributed by atoms with van der Waals surface area (Å²) >= 11 is 3.31. The second-order valence-electron chi connectivity index (χ2n) is 5.44. The molecular formula is C17H21N3O4S2. The van der Waals surface area contributed by atoms with Gasteiger partial charge in [0.2, 0.25) is 5.91 Å². The lowest BCUT2D eigenvalue weighted by Crippen LogP contribution is -2.39. The molecule has 140 valence electrons. The molecule has 0 saturated heterocycles. The number of likely N-dealkylation sites (N-methyl/N-ethyl adjacent to an activating group) is 2. The van der Waals surface area contributed by atoms with Gasteiger partial charge in [0.05, 0.1) is 18.7 Å². The van der Waals surface area contributed by atoms with Crippen LogP contribution in [0.2, 0.25) is 0 Å². The van der Waals surface area contributed by atoms with Gasteiger partial charge in [-0.1, -0.05) is 41.7 Å². The van der Waals surface area contributed by atoms with Gasteiger partial charge in [0.25, 0.3) is 5.91 Å². The molecular weight excluding hydrogens is 374 g/mol.